The van der Waals surface area contributed by atoms with Crippen molar-refractivity contribution in [1.82, 2.24) is 4.83 Å². The first-order valence-corrected chi connectivity index (χ1v) is 9.34. The molecule has 0 saturated carbocycles. The molecule has 0 saturated heterocycles. The molecule has 0 unspecified atom stereocenters. The third-order valence-electron chi connectivity index (χ3n) is 3.27. The Morgan fingerprint density at radius 3 is 2.41 bits per heavy atom. The number of ether oxygens (including phenoxy) is 2. The predicted molar refractivity (Wildman–Crippen MR) is 101 cm³/mol. The lowest BCUT2D eigenvalue weighted by atomic mass is 10.2. The predicted octanol–water partition coefficient (Wildman–Crippen LogP) is 3.23. The monoisotopic (exact) mass is 433 g/mol. The summed E-state index contributed by atoms with van der Waals surface area (Å²) in [4.78, 5) is 12.4. The van der Waals surface area contributed by atoms with E-state index in [1.54, 1.807) is 0 Å². The van der Waals surface area contributed by atoms with Gasteiger partial charge >= 0.3 is 5.69 Å². The van der Waals surface area contributed by atoms with Crippen LogP contribution in [0.5, 0.6) is 11.5 Å². The number of nitrogens with one attached hydrogen (secondary N) is 1. The van der Waals surface area contributed by atoms with Crippen LogP contribution in [0.25, 0.3) is 0 Å². The van der Waals surface area contributed by atoms with Crippen molar-refractivity contribution in [1.29, 1.82) is 0 Å². The van der Waals surface area contributed by atoms with Crippen LogP contribution in [0.4, 0.5) is 5.69 Å². The smallest absolute Gasteiger partial charge is 0.315 e. The lowest BCUT2D eigenvalue weighted by Gasteiger charge is -2.09. The molecule has 2 aromatic carbocycles. The molecule has 0 aliphatic rings. The third kappa shape index (κ3) is 4.79. The Labute approximate surface area is 164 Å². The summed E-state index contributed by atoms with van der Waals surface area (Å²) in [6.45, 7) is 0. The van der Waals surface area contributed by atoms with Crippen LogP contribution in [0.3, 0.4) is 0 Å². The SMILES string of the molecule is COc1cc(/C=N/NS(=O)(=O)c2ccc(Cl)c(Cl)c2)cc([N+](=O)[O-])c1OC. The molecule has 0 aliphatic carbocycles. The topological polar surface area (TPSA) is 120 Å². The van der Waals surface area contributed by atoms with E-state index in [9.17, 15) is 18.5 Å². The number of sulfonamides is 1. The first kappa shape index (κ1) is 20.7. The number of nitro benzene ring substituents is 1. The highest BCUT2D eigenvalue weighted by Crippen LogP contribution is 2.37. The number of hydrogen-bond acceptors (Lipinski definition) is 7. The molecule has 2 rings (SSSR count). The van der Waals surface area contributed by atoms with Crippen molar-refractivity contribution in [2.24, 2.45) is 5.10 Å². The largest absolute Gasteiger partial charge is 0.493 e. The zero-order valence-corrected chi connectivity index (χ0v) is 16.3. The van der Waals surface area contributed by atoms with Crippen LogP contribution in [0.2, 0.25) is 10.0 Å². The maximum Gasteiger partial charge on any atom is 0.315 e. The third-order valence-corrected chi connectivity index (χ3v) is 5.23. The second-order valence-electron chi connectivity index (χ2n) is 4.96. The molecule has 12 heteroatoms. The molecule has 0 fully saturated rings. The Kier molecular flexibility index (Phi) is 6.47. The average Bonchev–Trinajstić information content (AvgIpc) is 2.62. The van der Waals surface area contributed by atoms with E-state index in [0.29, 0.717) is 0 Å². The highest BCUT2D eigenvalue weighted by Gasteiger charge is 2.21. The van der Waals surface area contributed by atoms with Gasteiger partial charge in [-0.15, -0.1) is 0 Å². The number of methoxy groups -OCH3 is 2. The maximum absolute atomic E-state index is 12.2. The Hall–Kier alpha value is -2.56. The van der Waals surface area contributed by atoms with Crippen molar-refractivity contribution in [3.8, 4) is 11.5 Å². The van der Waals surface area contributed by atoms with E-state index in [1.165, 1.54) is 38.5 Å². The van der Waals surface area contributed by atoms with Crippen LogP contribution in [0, 0.1) is 10.1 Å². The van der Waals surface area contributed by atoms with E-state index in [0.717, 1.165) is 12.3 Å². The van der Waals surface area contributed by atoms with Crippen LogP contribution in [-0.2, 0) is 10.0 Å². The number of halogens is 2. The highest BCUT2D eigenvalue weighted by molar-refractivity contribution is 7.89. The second-order valence-corrected chi connectivity index (χ2v) is 7.44. The summed E-state index contributed by atoms with van der Waals surface area (Å²) in [6, 6.07) is 6.33. The van der Waals surface area contributed by atoms with Crippen molar-refractivity contribution in [3.05, 3.63) is 56.1 Å². The number of benzene rings is 2. The fourth-order valence-electron chi connectivity index (χ4n) is 2.04. The molecule has 144 valence electrons. The molecule has 0 amide bonds. The fourth-order valence-corrected chi connectivity index (χ4v) is 3.22. The quantitative estimate of drug-likeness (QED) is 0.406. The van der Waals surface area contributed by atoms with Crippen LogP contribution in [0.1, 0.15) is 5.56 Å². The first-order chi connectivity index (χ1) is 12.7. The number of nitro groups is 1. The van der Waals surface area contributed by atoms with Gasteiger partial charge in [-0.25, -0.2) is 4.83 Å². The van der Waals surface area contributed by atoms with Crippen LogP contribution < -0.4 is 14.3 Å². The lowest BCUT2D eigenvalue weighted by molar-refractivity contribution is -0.385. The summed E-state index contributed by atoms with van der Waals surface area (Å²) in [6.07, 6.45) is 1.09. The standard InChI is InChI=1S/C15H13Cl2N3O6S/c1-25-14-6-9(5-13(20(21)22)15(14)26-2)8-18-19-27(23,24)10-3-4-11(16)12(17)7-10/h3-8,19H,1-2H3/b18-8+. The van der Waals surface area contributed by atoms with Crippen molar-refractivity contribution < 1.29 is 22.8 Å². The van der Waals surface area contributed by atoms with Gasteiger partial charge < -0.3 is 9.47 Å². The van der Waals surface area contributed by atoms with Gasteiger partial charge in [0.25, 0.3) is 10.0 Å². The second kappa shape index (κ2) is 8.42. The van der Waals surface area contributed by atoms with Gasteiger partial charge in [-0.1, -0.05) is 23.2 Å². The minimum absolute atomic E-state index is 0.0592. The molecule has 0 atom stereocenters. The highest BCUT2D eigenvalue weighted by atomic mass is 35.5. The van der Waals surface area contributed by atoms with Crippen LogP contribution in [0.15, 0.2) is 40.3 Å². The van der Waals surface area contributed by atoms with E-state index in [2.05, 4.69) is 5.10 Å². The summed E-state index contributed by atoms with van der Waals surface area (Å²) in [5.74, 6) is 0.0385. The lowest BCUT2D eigenvalue weighted by Crippen LogP contribution is -2.18. The first-order valence-electron chi connectivity index (χ1n) is 7.10. The van der Waals surface area contributed by atoms with Crippen molar-refractivity contribution in [3.63, 3.8) is 0 Å². The molecule has 0 spiro atoms. The van der Waals surface area contributed by atoms with Gasteiger partial charge in [0.15, 0.2) is 5.75 Å². The number of nitrogens with zero attached hydrogens (tertiary/aromatic N) is 2. The molecule has 0 heterocycles. The van der Waals surface area contributed by atoms with Crippen LogP contribution >= 0.6 is 23.2 Å². The number of hydrazone groups is 1. The average molecular weight is 434 g/mol. The zero-order valence-electron chi connectivity index (χ0n) is 14.0. The number of rotatable bonds is 7. The van der Waals surface area contributed by atoms with Crippen molar-refractivity contribution >= 4 is 45.1 Å². The van der Waals surface area contributed by atoms with Crippen molar-refractivity contribution in [2.45, 2.75) is 4.90 Å². The Bertz CT molecular complexity index is 1010. The van der Waals surface area contributed by atoms with Gasteiger partial charge in [0.1, 0.15) is 0 Å². The van der Waals surface area contributed by atoms with Gasteiger partial charge in [0, 0.05) is 11.6 Å². The minimum Gasteiger partial charge on any atom is -0.493 e. The molecule has 27 heavy (non-hydrogen) atoms. The summed E-state index contributed by atoms with van der Waals surface area (Å²) in [5, 5.41) is 15.1. The van der Waals surface area contributed by atoms with E-state index in [-0.39, 0.29) is 37.7 Å². The van der Waals surface area contributed by atoms with E-state index >= 15 is 0 Å². The Balaban J connectivity index is 2.31. The van der Waals surface area contributed by atoms with Gasteiger partial charge in [-0.05, 0) is 24.3 Å². The molecule has 9 nitrogen and oxygen atoms in total. The van der Waals surface area contributed by atoms with E-state index in [1.807, 2.05) is 4.83 Å². The number of hydrogen-bond donors (Lipinski definition) is 1. The molecule has 1 N–H and O–H groups in total. The minimum atomic E-state index is -4.01. The molecule has 0 bridgehead atoms. The van der Waals surface area contributed by atoms with Crippen molar-refractivity contribution in [2.75, 3.05) is 14.2 Å². The van der Waals surface area contributed by atoms with E-state index in [4.69, 9.17) is 32.7 Å². The zero-order chi connectivity index (χ0) is 20.2. The Morgan fingerprint density at radius 2 is 1.85 bits per heavy atom. The molecular formula is C15H13Cl2N3O6S. The normalized spacial score (nSPS) is 11.4. The maximum atomic E-state index is 12.2. The van der Waals surface area contributed by atoms with E-state index < -0.39 is 14.9 Å². The molecule has 0 radical (unpaired) electrons. The van der Waals surface area contributed by atoms with Gasteiger partial charge in [0.05, 0.1) is 40.3 Å². The molecule has 0 aromatic heterocycles. The molecular weight excluding hydrogens is 421 g/mol. The van der Waals surface area contributed by atoms with Gasteiger partial charge in [-0.2, -0.15) is 13.5 Å². The van der Waals surface area contributed by atoms with Gasteiger partial charge in [-0.3, -0.25) is 10.1 Å². The molecule has 0 aliphatic heterocycles. The van der Waals surface area contributed by atoms with Crippen LogP contribution in [-0.4, -0.2) is 33.8 Å². The van der Waals surface area contributed by atoms with Gasteiger partial charge in [0.2, 0.25) is 5.75 Å². The fraction of sp³-hybridized carbons (Fsp3) is 0.133. The summed E-state index contributed by atoms with van der Waals surface area (Å²) < 4.78 is 34.4. The summed E-state index contributed by atoms with van der Waals surface area (Å²) >= 11 is 11.6. The Morgan fingerprint density at radius 1 is 1.15 bits per heavy atom. The molecule has 2 aromatic rings. The summed E-state index contributed by atoms with van der Waals surface area (Å²) in [5.41, 5.74) is -0.137. The summed E-state index contributed by atoms with van der Waals surface area (Å²) in [7, 11) is -1.42.